The van der Waals surface area contributed by atoms with E-state index in [-0.39, 0.29) is 12.1 Å². The number of halogens is 3. The number of ether oxygens (including phenoxy) is 1. The molecule has 1 rings (SSSR count). The summed E-state index contributed by atoms with van der Waals surface area (Å²) in [5.41, 5.74) is -4.04. The Bertz CT molecular complexity index is 497. The standard InChI is InChI=1S/C15H20F3NO3/c1-13(2,3)22-12(20)19-10-9-14(21,15(16,17)18)11-7-5-4-6-8-11/h4-8,21H,9-10H2,1-3H3,(H,19,20). The largest absolute Gasteiger partial charge is 0.444 e. The van der Waals surface area contributed by atoms with Crippen molar-refractivity contribution in [3.05, 3.63) is 35.9 Å². The van der Waals surface area contributed by atoms with E-state index in [0.717, 1.165) is 0 Å². The molecule has 1 unspecified atom stereocenters. The molecule has 0 aliphatic heterocycles. The molecule has 4 nitrogen and oxygen atoms in total. The molecule has 0 aliphatic carbocycles. The van der Waals surface area contributed by atoms with Crippen LogP contribution >= 0.6 is 0 Å². The average Bonchev–Trinajstić information content (AvgIpc) is 2.36. The molecular weight excluding hydrogens is 299 g/mol. The van der Waals surface area contributed by atoms with Gasteiger partial charge < -0.3 is 15.2 Å². The predicted octanol–water partition coefficient (Wildman–Crippen LogP) is 3.35. The van der Waals surface area contributed by atoms with Crippen molar-refractivity contribution in [3.63, 3.8) is 0 Å². The van der Waals surface area contributed by atoms with Gasteiger partial charge in [-0.3, -0.25) is 0 Å². The third-order valence-corrected chi connectivity index (χ3v) is 2.88. The molecule has 7 heteroatoms. The van der Waals surface area contributed by atoms with Gasteiger partial charge in [0.15, 0.2) is 5.60 Å². The number of hydrogen-bond acceptors (Lipinski definition) is 3. The van der Waals surface area contributed by atoms with E-state index in [1.807, 2.05) is 0 Å². The summed E-state index contributed by atoms with van der Waals surface area (Å²) in [4.78, 5) is 11.4. The minimum absolute atomic E-state index is 0.270. The van der Waals surface area contributed by atoms with Crippen molar-refractivity contribution in [2.45, 2.75) is 44.6 Å². The quantitative estimate of drug-likeness (QED) is 0.895. The highest BCUT2D eigenvalue weighted by molar-refractivity contribution is 5.67. The summed E-state index contributed by atoms with van der Waals surface area (Å²) in [6.07, 6.45) is -6.39. The Morgan fingerprint density at radius 2 is 1.73 bits per heavy atom. The third-order valence-electron chi connectivity index (χ3n) is 2.88. The zero-order chi connectivity index (χ0) is 17.0. The van der Waals surface area contributed by atoms with Crippen LogP contribution in [0, 0.1) is 0 Å². The van der Waals surface area contributed by atoms with Crippen LogP contribution in [0.1, 0.15) is 32.8 Å². The molecule has 0 aromatic heterocycles. The molecule has 1 atom stereocenters. The number of carbonyl (C=O) groups is 1. The minimum Gasteiger partial charge on any atom is -0.444 e. The highest BCUT2D eigenvalue weighted by Crippen LogP contribution is 2.41. The fourth-order valence-corrected chi connectivity index (χ4v) is 1.82. The Hall–Kier alpha value is -1.76. The molecule has 0 spiro atoms. The fraction of sp³-hybridized carbons (Fsp3) is 0.533. The van der Waals surface area contributed by atoms with E-state index >= 15 is 0 Å². The summed E-state index contributed by atoms with van der Waals surface area (Å²) in [5, 5.41) is 12.3. The fourth-order valence-electron chi connectivity index (χ4n) is 1.82. The molecule has 2 N–H and O–H groups in total. The third kappa shape index (κ3) is 4.91. The molecule has 1 aromatic carbocycles. The number of aliphatic hydroxyl groups is 1. The maximum Gasteiger partial charge on any atom is 0.421 e. The lowest BCUT2D eigenvalue weighted by Crippen LogP contribution is -2.45. The molecule has 0 fully saturated rings. The van der Waals surface area contributed by atoms with Gasteiger partial charge in [0.2, 0.25) is 0 Å². The van der Waals surface area contributed by atoms with E-state index < -0.39 is 29.9 Å². The Morgan fingerprint density at radius 3 is 2.18 bits per heavy atom. The van der Waals surface area contributed by atoms with Gasteiger partial charge in [-0.2, -0.15) is 13.2 Å². The van der Waals surface area contributed by atoms with Crippen LogP contribution in [0.2, 0.25) is 0 Å². The highest BCUT2D eigenvalue weighted by atomic mass is 19.4. The van der Waals surface area contributed by atoms with Crippen molar-refractivity contribution in [1.82, 2.24) is 5.32 Å². The van der Waals surface area contributed by atoms with E-state index in [1.165, 1.54) is 24.3 Å². The minimum atomic E-state index is -4.86. The Labute approximate surface area is 127 Å². The second kappa shape index (κ2) is 6.56. The zero-order valence-electron chi connectivity index (χ0n) is 12.7. The van der Waals surface area contributed by atoms with Crippen LogP contribution in [0.25, 0.3) is 0 Å². The van der Waals surface area contributed by atoms with E-state index in [1.54, 1.807) is 26.8 Å². The van der Waals surface area contributed by atoms with Crippen LogP contribution in [0.15, 0.2) is 30.3 Å². The molecule has 0 saturated heterocycles. The van der Waals surface area contributed by atoms with Gasteiger partial charge in [-0.1, -0.05) is 30.3 Å². The van der Waals surface area contributed by atoms with Crippen molar-refractivity contribution >= 4 is 6.09 Å². The van der Waals surface area contributed by atoms with E-state index in [2.05, 4.69) is 5.32 Å². The second-order valence-electron chi connectivity index (χ2n) is 5.90. The number of carbonyl (C=O) groups excluding carboxylic acids is 1. The molecule has 124 valence electrons. The Balaban J connectivity index is 2.75. The maximum atomic E-state index is 13.2. The topological polar surface area (TPSA) is 58.6 Å². The van der Waals surface area contributed by atoms with E-state index in [0.29, 0.717) is 0 Å². The van der Waals surface area contributed by atoms with Gasteiger partial charge in [0.05, 0.1) is 0 Å². The van der Waals surface area contributed by atoms with Gasteiger partial charge in [-0.05, 0) is 26.3 Å². The number of amides is 1. The maximum absolute atomic E-state index is 13.2. The van der Waals surface area contributed by atoms with Crippen LogP contribution < -0.4 is 5.32 Å². The molecule has 22 heavy (non-hydrogen) atoms. The van der Waals surface area contributed by atoms with Crippen LogP contribution in [0.3, 0.4) is 0 Å². The van der Waals surface area contributed by atoms with Crippen LogP contribution in [-0.2, 0) is 10.3 Å². The van der Waals surface area contributed by atoms with Gasteiger partial charge in [-0.25, -0.2) is 4.79 Å². The monoisotopic (exact) mass is 319 g/mol. The van der Waals surface area contributed by atoms with Crippen LogP contribution in [0.4, 0.5) is 18.0 Å². The molecule has 0 radical (unpaired) electrons. The van der Waals surface area contributed by atoms with Crippen LogP contribution in [0.5, 0.6) is 0 Å². The zero-order valence-corrected chi connectivity index (χ0v) is 12.7. The van der Waals surface area contributed by atoms with Crippen molar-refractivity contribution in [1.29, 1.82) is 0 Å². The molecule has 1 amide bonds. The average molecular weight is 319 g/mol. The number of alkyl carbamates (subject to hydrolysis) is 1. The molecule has 0 aliphatic rings. The number of benzene rings is 1. The first-order valence-corrected chi connectivity index (χ1v) is 6.77. The molecular formula is C15H20F3NO3. The van der Waals surface area contributed by atoms with Crippen LogP contribution in [-0.4, -0.2) is 29.5 Å². The second-order valence-corrected chi connectivity index (χ2v) is 5.90. The highest BCUT2D eigenvalue weighted by Gasteiger charge is 2.54. The molecule has 0 saturated carbocycles. The Morgan fingerprint density at radius 1 is 1.18 bits per heavy atom. The summed E-state index contributed by atoms with van der Waals surface area (Å²) in [6, 6.07) is 6.77. The van der Waals surface area contributed by atoms with Gasteiger partial charge in [-0.15, -0.1) is 0 Å². The number of nitrogens with one attached hydrogen (secondary N) is 1. The summed E-state index contributed by atoms with van der Waals surface area (Å²) in [5.74, 6) is 0. The Kier molecular flexibility index (Phi) is 5.45. The predicted molar refractivity (Wildman–Crippen MR) is 75.2 cm³/mol. The molecule has 1 aromatic rings. The van der Waals surface area contributed by atoms with Crippen molar-refractivity contribution < 1.29 is 27.8 Å². The van der Waals surface area contributed by atoms with E-state index in [9.17, 15) is 23.1 Å². The first kappa shape index (κ1) is 18.3. The van der Waals surface area contributed by atoms with Crippen molar-refractivity contribution in [2.75, 3.05) is 6.54 Å². The van der Waals surface area contributed by atoms with Gasteiger partial charge >= 0.3 is 12.3 Å². The first-order chi connectivity index (χ1) is 9.96. The van der Waals surface area contributed by atoms with Gasteiger partial charge in [0.25, 0.3) is 0 Å². The normalized spacial score (nSPS) is 15.0. The summed E-state index contributed by atoms with van der Waals surface area (Å²) in [6.45, 7) is 4.55. The summed E-state index contributed by atoms with van der Waals surface area (Å²) < 4.78 is 44.5. The lowest BCUT2D eigenvalue weighted by molar-refractivity contribution is -0.268. The molecule has 0 heterocycles. The smallest absolute Gasteiger partial charge is 0.421 e. The molecule has 0 bridgehead atoms. The van der Waals surface area contributed by atoms with Crippen molar-refractivity contribution in [2.24, 2.45) is 0 Å². The van der Waals surface area contributed by atoms with Crippen molar-refractivity contribution in [3.8, 4) is 0 Å². The lowest BCUT2D eigenvalue weighted by Gasteiger charge is -2.31. The van der Waals surface area contributed by atoms with Gasteiger partial charge in [0.1, 0.15) is 5.60 Å². The van der Waals surface area contributed by atoms with Gasteiger partial charge in [0, 0.05) is 13.0 Å². The summed E-state index contributed by atoms with van der Waals surface area (Å²) in [7, 11) is 0. The number of hydrogen-bond donors (Lipinski definition) is 2. The van der Waals surface area contributed by atoms with E-state index in [4.69, 9.17) is 4.74 Å². The SMILES string of the molecule is CC(C)(C)OC(=O)NCCC(O)(c1ccccc1)C(F)(F)F. The number of alkyl halides is 3. The lowest BCUT2D eigenvalue weighted by atomic mass is 9.89. The number of rotatable bonds is 4. The first-order valence-electron chi connectivity index (χ1n) is 6.77. The summed E-state index contributed by atoms with van der Waals surface area (Å²) >= 11 is 0.